The number of rotatable bonds is 4. The predicted molar refractivity (Wildman–Crippen MR) is 87.3 cm³/mol. The number of carbonyl (C=O) groups is 1. The maximum absolute atomic E-state index is 12.0. The molecule has 2 aliphatic heterocycles. The van der Waals surface area contributed by atoms with Crippen LogP contribution in [0, 0.1) is 11.8 Å². The van der Waals surface area contributed by atoms with Crippen LogP contribution in [0.3, 0.4) is 0 Å². The van der Waals surface area contributed by atoms with Gasteiger partial charge in [-0.3, -0.25) is 4.79 Å². The fourth-order valence-corrected chi connectivity index (χ4v) is 3.75. The van der Waals surface area contributed by atoms with Crippen LogP contribution in [-0.4, -0.2) is 61.0 Å². The van der Waals surface area contributed by atoms with Gasteiger partial charge in [0.25, 0.3) is 0 Å². The zero-order valence-electron chi connectivity index (χ0n) is 14.3. The van der Waals surface area contributed by atoms with Gasteiger partial charge in [-0.05, 0) is 52.1 Å². The van der Waals surface area contributed by atoms with Crippen LogP contribution >= 0.6 is 0 Å². The lowest BCUT2D eigenvalue weighted by atomic mass is 9.90. The Balaban J connectivity index is 1.74. The van der Waals surface area contributed by atoms with Crippen LogP contribution in [0.4, 0.5) is 0 Å². The molecule has 2 fully saturated rings. The lowest BCUT2D eigenvalue weighted by Gasteiger charge is -2.38. The molecular formula is C17H33N3O. The molecule has 0 aliphatic carbocycles. The predicted octanol–water partition coefficient (Wildman–Crippen LogP) is 1.95. The van der Waals surface area contributed by atoms with Crippen LogP contribution in [0.2, 0.25) is 0 Å². The summed E-state index contributed by atoms with van der Waals surface area (Å²) in [5, 5.41) is 3.83. The summed E-state index contributed by atoms with van der Waals surface area (Å²) < 4.78 is 0. The fourth-order valence-electron chi connectivity index (χ4n) is 3.75. The Morgan fingerprint density at radius 3 is 2.33 bits per heavy atom. The molecule has 2 aliphatic rings. The summed E-state index contributed by atoms with van der Waals surface area (Å²) in [7, 11) is 2.23. The molecule has 1 amide bonds. The van der Waals surface area contributed by atoms with Gasteiger partial charge in [-0.2, -0.15) is 0 Å². The van der Waals surface area contributed by atoms with Gasteiger partial charge in [-0.15, -0.1) is 0 Å². The number of carbonyl (C=O) groups excluding carboxylic acids is 1. The van der Waals surface area contributed by atoms with Crippen molar-refractivity contribution in [3.8, 4) is 0 Å². The molecule has 0 aromatic carbocycles. The summed E-state index contributed by atoms with van der Waals surface area (Å²) in [6, 6.07) is 1.17. The summed E-state index contributed by atoms with van der Waals surface area (Å²) in [5.41, 5.74) is 0. The van der Waals surface area contributed by atoms with Gasteiger partial charge in [0, 0.05) is 37.6 Å². The maximum atomic E-state index is 12.0. The highest BCUT2D eigenvalue weighted by molar-refractivity contribution is 5.78. The maximum Gasteiger partial charge on any atom is 0.225 e. The third-order valence-electron chi connectivity index (χ3n) is 5.17. The van der Waals surface area contributed by atoms with Gasteiger partial charge >= 0.3 is 0 Å². The van der Waals surface area contributed by atoms with E-state index in [-0.39, 0.29) is 5.92 Å². The van der Waals surface area contributed by atoms with Crippen molar-refractivity contribution in [3.63, 3.8) is 0 Å². The van der Waals surface area contributed by atoms with E-state index in [0.717, 1.165) is 31.8 Å². The quantitative estimate of drug-likeness (QED) is 0.861. The average Bonchev–Trinajstić information content (AvgIpc) is 2.47. The minimum atomic E-state index is 0.131. The SMILES string of the molecule is CC(C)C(=O)N1CCC(NC(C)C2CCCN(C)C2)CC1. The van der Waals surface area contributed by atoms with E-state index in [2.05, 4.69) is 24.2 Å². The van der Waals surface area contributed by atoms with Gasteiger partial charge in [0.15, 0.2) is 0 Å². The number of nitrogens with zero attached hydrogens (tertiary/aromatic N) is 2. The van der Waals surface area contributed by atoms with Crippen molar-refractivity contribution in [2.24, 2.45) is 11.8 Å². The topological polar surface area (TPSA) is 35.6 Å². The smallest absolute Gasteiger partial charge is 0.225 e. The molecule has 0 saturated carbocycles. The molecule has 122 valence electrons. The number of likely N-dealkylation sites (tertiary alicyclic amines) is 2. The second-order valence-electron chi connectivity index (χ2n) is 7.37. The zero-order valence-corrected chi connectivity index (χ0v) is 14.3. The first-order valence-corrected chi connectivity index (χ1v) is 8.70. The van der Waals surface area contributed by atoms with Gasteiger partial charge in [0.05, 0.1) is 0 Å². The number of hydrogen-bond acceptors (Lipinski definition) is 3. The molecule has 0 aromatic heterocycles. The molecule has 0 radical (unpaired) electrons. The van der Waals surface area contributed by atoms with E-state index < -0.39 is 0 Å². The first kappa shape index (κ1) is 16.8. The molecular weight excluding hydrogens is 262 g/mol. The van der Waals surface area contributed by atoms with E-state index >= 15 is 0 Å². The Labute approximate surface area is 130 Å². The van der Waals surface area contributed by atoms with Crippen molar-refractivity contribution >= 4 is 5.91 Å². The van der Waals surface area contributed by atoms with E-state index in [1.54, 1.807) is 0 Å². The Kier molecular flexibility index (Phi) is 6.06. The normalized spacial score (nSPS) is 27.1. The molecule has 0 bridgehead atoms. The zero-order chi connectivity index (χ0) is 15.4. The minimum Gasteiger partial charge on any atom is -0.342 e. The molecule has 0 aromatic rings. The van der Waals surface area contributed by atoms with Crippen LogP contribution in [0.1, 0.15) is 46.5 Å². The lowest BCUT2D eigenvalue weighted by Crippen LogP contribution is -2.51. The fraction of sp³-hybridized carbons (Fsp3) is 0.941. The van der Waals surface area contributed by atoms with E-state index in [9.17, 15) is 4.79 Å². The van der Waals surface area contributed by atoms with Crippen molar-refractivity contribution in [3.05, 3.63) is 0 Å². The van der Waals surface area contributed by atoms with Gasteiger partial charge in [-0.25, -0.2) is 0 Å². The van der Waals surface area contributed by atoms with Crippen LogP contribution in [0.5, 0.6) is 0 Å². The molecule has 2 saturated heterocycles. The standard InChI is InChI=1S/C17H33N3O/c1-13(2)17(21)20-10-7-16(8-11-20)18-14(3)15-6-5-9-19(4)12-15/h13-16,18H,5-12H2,1-4H3. The van der Waals surface area contributed by atoms with E-state index in [4.69, 9.17) is 0 Å². The van der Waals surface area contributed by atoms with E-state index in [0.29, 0.717) is 18.0 Å². The van der Waals surface area contributed by atoms with Crippen molar-refractivity contribution in [1.29, 1.82) is 0 Å². The molecule has 2 heterocycles. The molecule has 0 spiro atoms. The number of hydrogen-bond donors (Lipinski definition) is 1. The Hall–Kier alpha value is -0.610. The van der Waals surface area contributed by atoms with Gasteiger partial charge < -0.3 is 15.1 Å². The molecule has 2 rings (SSSR count). The second kappa shape index (κ2) is 7.59. The molecule has 2 unspecified atom stereocenters. The summed E-state index contributed by atoms with van der Waals surface area (Å²) >= 11 is 0. The van der Waals surface area contributed by atoms with Crippen molar-refractivity contribution in [2.45, 2.75) is 58.5 Å². The molecule has 4 nitrogen and oxygen atoms in total. The number of piperidine rings is 2. The van der Waals surface area contributed by atoms with E-state index in [1.807, 2.05) is 18.7 Å². The lowest BCUT2D eigenvalue weighted by molar-refractivity contribution is -0.135. The summed E-state index contributed by atoms with van der Waals surface area (Å²) in [4.78, 5) is 16.5. The summed E-state index contributed by atoms with van der Waals surface area (Å²) in [6.07, 6.45) is 4.88. The van der Waals surface area contributed by atoms with Crippen LogP contribution in [0.15, 0.2) is 0 Å². The van der Waals surface area contributed by atoms with Crippen molar-refractivity contribution < 1.29 is 4.79 Å². The van der Waals surface area contributed by atoms with Crippen LogP contribution < -0.4 is 5.32 Å². The molecule has 2 atom stereocenters. The molecule has 1 N–H and O–H groups in total. The average molecular weight is 295 g/mol. The third-order valence-corrected chi connectivity index (χ3v) is 5.17. The first-order chi connectivity index (χ1) is 9.97. The van der Waals surface area contributed by atoms with Crippen molar-refractivity contribution in [2.75, 3.05) is 33.2 Å². The number of nitrogens with one attached hydrogen (secondary N) is 1. The second-order valence-corrected chi connectivity index (χ2v) is 7.37. The first-order valence-electron chi connectivity index (χ1n) is 8.70. The largest absolute Gasteiger partial charge is 0.342 e. The Morgan fingerprint density at radius 1 is 1.10 bits per heavy atom. The highest BCUT2D eigenvalue weighted by Crippen LogP contribution is 2.21. The van der Waals surface area contributed by atoms with Gasteiger partial charge in [-0.1, -0.05) is 13.8 Å². The monoisotopic (exact) mass is 295 g/mol. The van der Waals surface area contributed by atoms with Crippen LogP contribution in [0.25, 0.3) is 0 Å². The number of amides is 1. The van der Waals surface area contributed by atoms with Gasteiger partial charge in [0.2, 0.25) is 5.91 Å². The summed E-state index contributed by atoms with van der Waals surface area (Å²) in [5.74, 6) is 1.22. The molecule has 21 heavy (non-hydrogen) atoms. The highest BCUT2D eigenvalue weighted by atomic mass is 16.2. The van der Waals surface area contributed by atoms with E-state index in [1.165, 1.54) is 25.9 Å². The van der Waals surface area contributed by atoms with Crippen LogP contribution in [-0.2, 0) is 4.79 Å². The van der Waals surface area contributed by atoms with Gasteiger partial charge in [0.1, 0.15) is 0 Å². The minimum absolute atomic E-state index is 0.131. The summed E-state index contributed by atoms with van der Waals surface area (Å²) in [6.45, 7) is 10.6. The molecule has 4 heteroatoms. The highest BCUT2D eigenvalue weighted by Gasteiger charge is 2.28. The Morgan fingerprint density at radius 2 is 1.76 bits per heavy atom. The Bertz CT molecular complexity index is 337. The van der Waals surface area contributed by atoms with Crippen molar-refractivity contribution in [1.82, 2.24) is 15.1 Å². The third kappa shape index (κ3) is 4.68.